The maximum atomic E-state index is 8.70. The van der Waals surface area contributed by atoms with Gasteiger partial charge in [-0.3, -0.25) is 0 Å². The molecule has 0 spiro atoms. The molecule has 0 aliphatic carbocycles. The van der Waals surface area contributed by atoms with Gasteiger partial charge in [-0.25, -0.2) is 0 Å². The predicted molar refractivity (Wildman–Crippen MR) is 76.5 cm³/mol. The lowest BCUT2D eigenvalue weighted by Gasteiger charge is -1.92. The van der Waals surface area contributed by atoms with Gasteiger partial charge in [-0.15, -0.1) is 0 Å². The number of fused-ring (bicyclic) bond motifs is 1. The van der Waals surface area contributed by atoms with Crippen LogP contribution < -0.4 is 5.73 Å². The van der Waals surface area contributed by atoms with E-state index in [1.54, 1.807) is 24.3 Å². The van der Waals surface area contributed by atoms with Crippen molar-refractivity contribution in [2.24, 2.45) is 0 Å². The van der Waals surface area contributed by atoms with Crippen molar-refractivity contribution in [3.05, 3.63) is 72.8 Å². The van der Waals surface area contributed by atoms with Gasteiger partial charge in [0.15, 0.2) is 0 Å². The van der Waals surface area contributed by atoms with Gasteiger partial charge in [-0.2, -0.15) is 0 Å². The Morgan fingerprint density at radius 1 is 0.611 bits per heavy atom. The fourth-order valence-electron chi connectivity index (χ4n) is 1.61. The zero-order valence-electron chi connectivity index (χ0n) is 9.95. The van der Waals surface area contributed by atoms with Gasteiger partial charge in [0.2, 0.25) is 0 Å². The summed E-state index contributed by atoms with van der Waals surface area (Å²) < 4.78 is 0. The van der Waals surface area contributed by atoms with Gasteiger partial charge in [0.05, 0.1) is 0 Å². The third-order valence-electron chi connectivity index (χ3n) is 2.55. The molecule has 0 unspecified atom stereocenters. The molecule has 90 valence electrons. The maximum Gasteiger partial charge on any atom is 0.115 e. The van der Waals surface area contributed by atoms with E-state index in [9.17, 15) is 0 Å². The van der Waals surface area contributed by atoms with E-state index in [2.05, 4.69) is 48.5 Å². The Balaban J connectivity index is 0.000000138. The van der Waals surface area contributed by atoms with Crippen molar-refractivity contribution in [2.45, 2.75) is 0 Å². The van der Waals surface area contributed by atoms with Crippen LogP contribution in [0.1, 0.15) is 0 Å². The van der Waals surface area contributed by atoms with Gasteiger partial charge in [0.25, 0.3) is 0 Å². The van der Waals surface area contributed by atoms with Crippen LogP contribution in [0.15, 0.2) is 72.8 Å². The van der Waals surface area contributed by atoms with Crippen molar-refractivity contribution in [3.8, 4) is 5.75 Å². The van der Waals surface area contributed by atoms with E-state index < -0.39 is 0 Å². The Kier molecular flexibility index (Phi) is 3.82. The van der Waals surface area contributed by atoms with Crippen molar-refractivity contribution in [2.75, 3.05) is 5.73 Å². The van der Waals surface area contributed by atoms with Crippen molar-refractivity contribution >= 4 is 16.5 Å². The summed E-state index contributed by atoms with van der Waals surface area (Å²) in [6, 6.07) is 23.1. The highest BCUT2D eigenvalue weighted by molar-refractivity contribution is 5.81. The van der Waals surface area contributed by atoms with Crippen LogP contribution in [-0.2, 0) is 0 Å². The molecule has 2 nitrogen and oxygen atoms in total. The molecule has 3 rings (SSSR count). The van der Waals surface area contributed by atoms with E-state index in [4.69, 9.17) is 10.8 Å². The molecule has 0 saturated heterocycles. The highest BCUT2D eigenvalue weighted by Gasteiger charge is 1.85. The summed E-state index contributed by atoms with van der Waals surface area (Å²) in [6.07, 6.45) is 0. The molecular weight excluding hydrogens is 222 g/mol. The second-order valence-corrected chi connectivity index (χ2v) is 3.94. The van der Waals surface area contributed by atoms with Crippen LogP contribution in [0.3, 0.4) is 0 Å². The Morgan fingerprint density at radius 2 is 1.00 bits per heavy atom. The van der Waals surface area contributed by atoms with E-state index in [1.807, 2.05) is 0 Å². The zero-order chi connectivity index (χ0) is 12.8. The average molecular weight is 237 g/mol. The van der Waals surface area contributed by atoms with Crippen LogP contribution in [0, 0.1) is 0 Å². The smallest absolute Gasteiger partial charge is 0.115 e. The topological polar surface area (TPSA) is 46.2 Å². The van der Waals surface area contributed by atoms with Crippen LogP contribution >= 0.6 is 0 Å². The van der Waals surface area contributed by atoms with Gasteiger partial charge in [0.1, 0.15) is 5.75 Å². The van der Waals surface area contributed by atoms with Gasteiger partial charge >= 0.3 is 0 Å². The number of hydrogen-bond donors (Lipinski definition) is 2. The van der Waals surface area contributed by atoms with E-state index in [1.165, 1.54) is 10.8 Å². The minimum absolute atomic E-state index is 0.249. The summed E-state index contributed by atoms with van der Waals surface area (Å²) >= 11 is 0. The molecule has 0 saturated carbocycles. The summed E-state index contributed by atoms with van der Waals surface area (Å²) in [5.74, 6) is 0.249. The zero-order valence-corrected chi connectivity index (χ0v) is 9.95. The highest BCUT2D eigenvalue weighted by Crippen LogP contribution is 2.11. The van der Waals surface area contributed by atoms with Crippen molar-refractivity contribution in [1.29, 1.82) is 0 Å². The number of nitrogens with two attached hydrogens (primary N) is 1. The van der Waals surface area contributed by atoms with Crippen molar-refractivity contribution < 1.29 is 5.11 Å². The van der Waals surface area contributed by atoms with Crippen LogP contribution in [0.2, 0.25) is 0 Å². The van der Waals surface area contributed by atoms with Gasteiger partial charge in [0, 0.05) is 5.69 Å². The van der Waals surface area contributed by atoms with E-state index >= 15 is 0 Å². The number of anilines is 1. The lowest BCUT2D eigenvalue weighted by atomic mass is 10.1. The summed E-state index contributed by atoms with van der Waals surface area (Å²) in [6.45, 7) is 0. The molecule has 3 N–H and O–H groups in total. The molecule has 0 aliphatic rings. The van der Waals surface area contributed by atoms with Gasteiger partial charge < -0.3 is 10.8 Å². The molecule has 0 aliphatic heterocycles. The average Bonchev–Trinajstić information content (AvgIpc) is 2.43. The Bertz CT molecular complexity index is 531. The van der Waals surface area contributed by atoms with Crippen LogP contribution in [-0.4, -0.2) is 5.11 Å². The lowest BCUT2D eigenvalue weighted by molar-refractivity contribution is 0.475. The van der Waals surface area contributed by atoms with Crippen molar-refractivity contribution in [3.63, 3.8) is 0 Å². The molecule has 0 bridgehead atoms. The fourth-order valence-corrected chi connectivity index (χ4v) is 1.61. The van der Waals surface area contributed by atoms with Gasteiger partial charge in [-0.05, 0) is 35.0 Å². The molecule has 0 amide bonds. The normalized spacial score (nSPS) is 9.56. The first-order valence-electron chi connectivity index (χ1n) is 5.74. The number of phenols is 1. The first-order chi connectivity index (χ1) is 8.75. The third-order valence-corrected chi connectivity index (χ3v) is 2.55. The Morgan fingerprint density at radius 3 is 1.33 bits per heavy atom. The molecule has 3 aromatic carbocycles. The minimum atomic E-state index is 0.249. The first kappa shape index (κ1) is 12.0. The Hall–Kier alpha value is -2.48. The molecule has 3 aromatic rings. The summed E-state index contributed by atoms with van der Waals surface area (Å²) in [5.41, 5.74) is 5.98. The van der Waals surface area contributed by atoms with Gasteiger partial charge in [-0.1, -0.05) is 48.5 Å². The Labute approximate surface area is 106 Å². The lowest BCUT2D eigenvalue weighted by Crippen LogP contribution is -1.80. The van der Waals surface area contributed by atoms with Crippen LogP contribution in [0.4, 0.5) is 5.69 Å². The molecule has 0 fully saturated rings. The largest absolute Gasteiger partial charge is 0.508 e. The van der Waals surface area contributed by atoms with Crippen LogP contribution in [0.25, 0.3) is 10.8 Å². The maximum absolute atomic E-state index is 8.70. The summed E-state index contributed by atoms with van der Waals surface area (Å²) in [7, 11) is 0. The molecule has 0 aromatic heterocycles. The van der Waals surface area contributed by atoms with Crippen LogP contribution in [0.5, 0.6) is 5.75 Å². The third kappa shape index (κ3) is 3.25. The number of phenolic OH excluding ortho intramolecular Hbond substituents is 1. The van der Waals surface area contributed by atoms with E-state index in [0.29, 0.717) is 5.69 Å². The standard InChI is InChI=1S/C10H8.C6H7NO/c1-2-6-10-8-4-3-7-9(10)5-1;7-5-1-3-6(8)4-2-5/h1-8H;1-4,8H,7H2. The second kappa shape index (κ2) is 5.73. The summed E-state index contributed by atoms with van der Waals surface area (Å²) in [5, 5.41) is 11.3. The van der Waals surface area contributed by atoms with Crippen molar-refractivity contribution in [1.82, 2.24) is 0 Å². The highest BCUT2D eigenvalue weighted by atomic mass is 16.3. The fraction of sp³-hybridized carbons (Fsp3) is 0. The number of aromatic hydroxyl groups is 1. The van der Waals surface area contributed by atoms with E-state index in [0.717, 1.165) is 0 Å². The molecular formula is C16H15NO. The predicted octanol–water partition coefficient (Wildman–Crippen LogP) is 3.81. The molecule has 2 heteroatoms. The van der Waals surface area contributed by atoms with E-state index in [-0.39, 0.29) is 5.75 Å². The molecule has 18 heavy (non-hydrogen) atoms. The number of hydrogen-bond acceptors (Lipinski definition) is 2. The SMILES string of the molecule is Nc1ccc(O)cc1.c1ccc2ccccc2c1. The minimum Gasteiger partial charge on any atom is -0.508 e. The monoisotopic (exact) mass is 237 g/mol. The number of benzene rings is 3. The summed E-state index contributed by atoms with van der Waals surface area (Å²) in [4.78, 5) is 0. The molecule has 0 atom stereocenters. The second-order valence-electron chi connectivity index (χ2n) is 3.94. The number of nitrogen functional groups attached to an aromatic ring is 1. The molecule has 0 radical (unpaired) electrons. The quantitative estimate of drug-likeness (QED) is 0.461. The molecule has 0 heterocycles. The first-order valence-corrected chi connectivity index (χ1v) is 5.74. The number of rotatable bonds is 0.